The Morgan fingerprint density at radius 3 is 2.29 bits per heavy atom. The molecule has 1 heterocycles. The van der Waals surface area contributed by atoms with Crippen molar-refractivity contribution in [3.8, 4) is 0 Å². The monoisotopic (exact) mass is 378 g/mol. The third-order valence-electron chi connectivity index (χ3n) is 4.17. The molecule has 0 aliphatic carbocycles. The highest BCUT2D eigenvalue weighted by atomic mass is 16.6. The number of hydrogen-bond donors (Lipinski definition) is 1. The van der Waals surface area contributed by atoms with Crippen LogP contribution in [0.3, 0.4) is 0 Å². The number of aromatic carboxylic acids is 1. The molecule has 0 saturated heterocycles. The molecule has 1 amide bonds. The Labute approximate surface area is 162 Å². The van der Waals surface area contributed by atoms with E-state index in [9.17, 15) is 14.4 Å². The van der Waals surface area contributed by atoms with E-state index in [1.165, 1.54) is 18.3 Å². The van der Waals surface area contributed by atoms with Gasteiger partial charge < -0.3 is 9.84 Å². The van der Waals surface area contributed by atoms with E-state index in [0.717, 1.165) is 5.56 Å². The smallest absolute Gasteiger partial charge is 0.338 e. The quantitative estimate of drug-likeness (QED) is 0.816. The van der Waals surface area contributed by atoms with E-state index < -0.39 is 17.5 Å². The molecule has 1 radical (unpaired) electrons. The molecular formula is C22H20NO5. The van der Waals surface area contributed by atoms with Gasteiger partial charge in [-0.3, -0.25) is 4.79 Å². The molecule has 3 rings (SSSR count). The zero-order valence-electron chi connectivity index (χ0n) is 15.9. The molecule has 0 atom stereocenters. The maximum Gasteiger partial charge on any atom is 0.338 e. The number of carbonyl (C=O) groups excluding carboxylic acids is 2. The fourth-order valence-electron chi connectivity index (χ4n) is 2.87. The normalized spacial score (nSPS) is 13.2. The Hall–Kier alpha value is -3.41. The molecule has 6 heteroatoms. The summed E-state index contributed by atoms with van der Waals surface area (Å²) < 4.78 is 5.34. The summed E-state index contributed by atoms with van der Waals surface area (Å²) in [4.78, 5) is 35.5. The maximum atomic E-state index is 12.3. The second-order valence-corrected chi connectivity index (χ2v) is 7.52. The van der Waals surface area contributed by atoms with E-state index in [2.05, 4.69) is 5.32 Å². The summed E-state index contributed by atoms with van der Waals surface area (Å²) in [6, 6.07) is 11.5. The molecule has 0 aromatic heterocycles. The van der Waals surface area contributed by atoms with E-state index in [4.69, 9.17) is 9.84 Å². The molecule has 28 heavy (non-hydrogen) atoms. The standard InChI is InChI=1S/C22H20NO5/c1-22(2,3)28-21(27)14-6-4-13(5-7-14)10-18-17-9-8-15(20(25)26)11-16(17)12-23-19(18)24/h4-9,11-12H,10H2,1-3H3,(H,25,26). The van der Waals surface area contributed by atoms with Gasteiger partial charge in [0.05, 0.1) is 11.1 Å². The van der Waals surface area contributed by atoms with Gasteiger partial charge in [-0.15, -0.1) is 0 Å². The predicted molar refractivity (Wildman–Crippen MR) is 103 cm³/mol. The highest BCUT2D eigenvalue weighted by Gasteiger charge is 2.19. The second kappa shape index (κ2) is 7.31. The van der Waals surface area contributed by atoms with Gasteiger partial charge in [0, 0.05) is 23.4 Å². The van der Waals surface area contributed by atoms with E-state index in [0.29, 0.717) is 28.0 Å². The molecule has 2 aromatic carbocycles. The summed E-state index contributed by atoms with van der Waals surface area (Å²) in [5.41, 5.74) is 1.32. The molecule has 0 unspecified atom stereocenters. The lowest BCUT2D eigenvalue weighted by Gasteiger charge is -2.19. The zero-order chi connectivity index (χ0) is 20.5. The van der Waals surface area contributed by atoms with E-state index in [-0.39, 0.29) is 11.5 Å². The molecule has 1 aliphatic rings. The van der Waals surface area contributed by atoms with Gasteiger partial charge in [-0.25, -0.2) is 14.9 Å². The molecule has 143 valence electrons. The number of amides is 1. The Morgan fingerprint density at radius 1 is 1.04 bits per heavy atom. The number of ether oxygens (including phenoxy) is 1. The number of benzene rings is 2. The second-order valence-electron chi connectivity index (χ2n) is 7.52. The molecule has 1 aliphatic heterocycles. The van der Waals surface area contributed by atoms with Gasteiger partial charge in [0.1, 0.15) is 5.60 Å². The lowest BCUT2D eigenvalue weighted by atomic mass is 9.98. The van der Waals surface area contributed by atoms with Crippen molar-refractivity contribution in [3.05, 3.63) is 69.6 Å². The third kappa shape index (κ3) is 4.28. The van der Waals surface area contributed by atoms with Crippen molar-refractivity contribution in [2.45, 2.75) is 32.8 Å². The van der Waals surface area contributed by atoms with Crippen LogP contribution < -0.4 is 15.8 Å². The number of hydrogen-bond acceptors (Lipinski definition) is 4. The Kier molecular flexibility index (Phi) is 5.05. The first-order valence-electron chi connectivity index (χ1n) is 8.78. The number of rotatable bonds is 4. The average molecular weight is 378 g/mol. The summed E-state index contributed by atoms with van der Waals surface area (Å²) >= 11 is 0. The number of fused-ring (bicyclic) bond motifs is 1. The van der Waals surface area contributed by atoms with Crippen molar-refractivity contribution >= 4 is 29.6 Å². The number of carboxylic acid groups (broad SMARTS) is 1. The van der Waals surface area contributed by atoms with Crippen LogP contribution in [0.4, 0.5) is 0 Å². The van der Waals surface area contributed by atoms with Crippen LogP contribution in [-0.2, 0) is 16.0 Å². The topological polar surface area (TPSA) is 94.8 Å². The van der Waals surface area contributed by atoms with Crippen LogP contribution in [0, 0.1) is 0 Å². The fourth-order valence-corrected chi connectivity index (χ4v) is 2.87. The van der Waals surface area contributed by atoms with Crippen molar-refractivity contribution < 1.29 is 24.2 Å². The van der Waals surface area contributed by atoms with Crippen molar-refractivity contribution in [2.75, 3.05) is 0 Å². The number of carboxylic acids is 1. The maximum absolute atomic E-state index is 12.3. The summed E-state index contributed by atoms with van der Waals surface area (Å²) in [6.45, 7) is 5.41. The minimum absolute atomic E-state index is 0.139. The van der Waals surface area contributed by atoms with Crippen molar-refractivity contribution in [1.82, 2.24) is 5.32 Å². The van der Waals surface area contributed by atoms with Gasteiger partial charge in [0.15, 0.2) is 0 Å². The minimum atomic E-state index is -1.03. The van der Waals surface area contributed by atoms with E-state index >= 15 is 0 Å². The molecule has 0 spiro atoms. The number of esters is 1. The van der Waals surface area contributed by atoms with Crippen LogP contribution in [0.1, 0.15) is 47.1 Å². The van der Waals surface area contributed by atoms with Crippen LogP contribution in [0.15, 0.2) is 42.5 Å². The van der Waals surface area contributed by atoms with Crippen LogP contribution >= 0.6 is 0 Å². The van der Waals surface area contributed by atoms with Crippen LogP contribution in [0.5, 0.6) is 0 Å². The molecule has 0 fully saturated rings. The summed E-state index contributed by atoms with van der Waals surface area (Å²) in [6.07, 6.45) is 1.71. The summed E-state index contributed by atoms with van der Waals surface area (Å²) in [5, 5.41) is 14.3. The largest absolute Gasteiger partial charge is 0.478 e. The van der Waals surface area contributed by atoms with Gasteiger partial charge in [-0.1, -0.05) is 18.2 Å². The SMILES string of the molecule is CC(C)(C)OC(=O)c1ccc(CC2=c3ccc(C(=O)O)cc3=C[N]C2=O)cc1. The molecular weight excluding hydrogens is 358 g/mol. The first-order valence-corrected chi connectivity index (χ1v) is 8.78. The van der Waals surface area contributed by atoms with E-state index in [1.54, 1.807) is 51.1 Å². The third-order valence-corrected chi connectivity index (χ3v) is 4.17. The first-order chi connectivity index (χ1) is 13.1. The van der Waals surface area contributed by atoms with Crippen molar-refractivity contribution in [1.29, 1.82) is 0 Å². The number of nitrogens with zero attached hydrogens (tertiary/aromatic N) is 1. The van der Waals surface area contributed by atoms with Crippen molar-refractivity contribution in [2.24, 2.45) is 0 Å². The van der Waals surface area contributed by atoms with Gasteiger partial charge in [-0.05, 0) is 55.8 Å². The van der Waals surface area contributed by atoms with Gasteiger partial charge >= 0.3 is 11.9 Å². The van der Waals surface area contributed by atoms with Gasteiger partial charge in [0.2, 0.25) is 0 Å². The van der Waals surface area contributed by atoms with Crippen LogP contribution in [-0.4, -0.2) is 28.6 Å². The predicted octanol–water partition coefficient (Wildman–Crippen LogP) is 1.62. The van der Waals surface area contributed by atoms with Gasteiger partial charge in [-0.2, -0.15) is 0 Å². The highest BCUT2D eigenvalue weighted by Crippen LogP contribution is 2.15. The molecule has 2 aromatic rings. The molecule has 0 bridgehead atoms. The molecule has 6 nitrogen and oxygen atoms in total. The average Bonchev–Trinajstić information content (AvgIpc) is 2.62. The Bertz CT molecular complexity index is 1080. The minimum Gasteiger partial charge on any atom is -0.478 e. The zero-order valence-corrected chi connectivity index (χ0v) is 15.9. The Morgan fingerprint density at radius 2 is 1.68 bits per heavy atom. The lowest BCUT2D eigenvalue weighted by molar-refractivity contribution is -0.115. The lowest BCUT2D eigenvalue weighted by Crippen LogP contribution is -2.38. The molecule has 0 saturated carbocycles. The first kappa shape index (κ1) is 19.4. The Balaban J connectivity index is 1.90. The fraction of sp³-hybridized carbons (Fsp3) is 0.227. The summed E-state index contributed by atoms with van der Waals surface area (Å²) in [7, 11) is 0. The van der Waals surface area contributed by atoms with E-state index in [1.807, 2.05) is 0 Å². The molecule has 1 N–H and O–H groups in total. The van der Waals surface area contributed by atoms with Crippen molar-refractivity contribution in [3.63, 3.8) is 0 Å². The summed E-state index contributed by atoms with van der Waals surface area (Å²) in [5.74, 6) is -1.80. The van der Waals surface area contributed by atoms with Crippen LogP contribution in [0.2, 0.25) is 0 Å². The number of carbonyl (C=O) groups is 3. The highest BCUT2D eigenvalue weighted by molar-refractivity contribution is 6.15. The van der Waals surface area contributed by atoms with Gasteiger partial charge in [0.25, 0.3) is 5.91 Å². The van der Waals surface area contributed by atoms with Crippen LogP contribution in [0.25, 0.3) is 11.8 Å².